The number of hydrogen-bond acceptors (Lipinski definition) is 3. The number of carbonyl (C=O) groups excluding carboxylic acids is 1. The number of phenols is 1. The van der Waals surface area contributed by atoms with Crippen molar-refractivity contribution in [1.82, 2.24) is 5.32 Å². The highest BCUT2D eigenvalue weighted by atomic mass is 16.3. The predicted molar refractivity (Wildman–Crippen MR) is 81.0 cm³/mol. The molecule has 108 valence electrons. The lowest BCUT2D eigenvalue weighted by molar-refractivity contribution is 0.1000. The first-order valence-corrected chi connectivity index (χ1v) is 7.07. The van der Waals surface area contributed by atoms with Gasteiger partial charge in [-0.15, -0.1) is 0 Å². The van der Waals surface area contributed by atoms with E-state index in [1.54, 1.807) is 12.1 Å². The third kappa shape index (κ3) is 2.90. The molecule has 1 aliphatic carbocycles. The van der Waals surface area contributed by atoms with Crippen LogP contribution in [-0.4, -0.2) is 11.0 Å². The number of nitrogens with two attached hydrogens (primary N) is 1. The average molecular weight is 282 g/mol. The molecule has 21 heavy (non-hydrogen) atoms. The van der Waals surface area contributed by atoms with Gasteiger partial charge in [-0.05, 0) is 53.8 Å². The highest BCUT2D eigenvalue weighted by molar-refractivity contribution is 5.92. The number of benzene rings is 2. The Morgan fingerprint density at radius 3 is 2.95 bits per heavy atom. The standard InChI is InChI=1S/C17H18N2O2/c18-17(21)13-3-1-2-11(8-13)10-19-16-7-4-12-9-14(20)5-6-15(12)16/h1-3,5-6,8-9,16,19-20H,4,7,10H2,(H2,18,21). The largest absolute Gasteiger partial charge is 0.508 e. The number of nitrogens with one attached hydrogen (secondary N) is 1. The van der Waals surface area contributed by atoms with Crippen LogP contribution in [-0.2, 0) is 13.0 Å². The lowest BCUT2D eigenvalue weighted by atomic mass is 10.1. The summed E-state index contributed by atoms with van der Waals surface area (Å²) in [6.07, 6.45) is 2.00. The Morgan fingerprint density at radius 1 is 1.29 bits per heavy atom. The molecule has 2 aromatic carbocycles. The quantitative estimate of drug-likeness (QED) is 0.805. The lowest BCUT2D eigenvalue weighted by Crippen LogP contribution is -2.19. The van der Waals surface area contributed by atoms with Gasteiger partial charge in [-0.1, -0.05) is 18.2 Å². The van der Waals surface area contributed by atoms with Crippen LogP contribution in [0.5, 0.6) is 5.75 Å². The van der Waals surface area contributed by atoms with Gasteiger partial charge in [0.1, 0.15) is 5.75 Å². The van der Waals surface area contributed by atoms with Gasteiger partial charge in [-0.3, -0.25) is 4.79 Å². The van der Waals surface area contributed by atoms with Gasteiger partial charge < -0.3 is 16.2 Å². The monoisotopic (exact) mass is 282 g/mol. The summed E-state index contributed by atoms with van der Waals surface area (Å²) in [5, 5.41) is 13.0. The second kappa shape index (κ2) is 5.58. The maximum Gasteiger partial charge on any atom is 0.248 e. The zero-order valence-corrected chi connectivity index (χ0v) is 11.7. The zero-order chi connectivity index (χ0) is 14.8. The van der Waals surface area contributed by atoms with E-state index in [4.69, 9.17) is 5.73 Å². The van der Waals surface area contributed by atoms with Crippen LogP contribution in [0.25, 0.3) is 0 Å². The van der Waals surface area contributed by atoms with Crippen molar-refractivity contribution in [3.05, 3.63) is 64.7 Å². The molecule has 4 N–H and O–H groups in total. The lowest BCUT2D eigenvalue weighted by Gasteiger charge is -2.14. The molecular weight excluding hydrogens is 264 g/mol. The Bertz CT molecular complexity index is 682. The fraction of sp³-hybridized carbons (Fsp3) is 0.235. The van der Waals surface area contributed by atoms with Crippen molar-refractivity contribution in [2.24, 2.45) is 5.73 Å². The Morgan fingerprint density at radius 2 is 2.14 bits per heavy atom. The summed E-state index contributed by atoms with van der Waals surface area (Å²) in [6, 6.07) is 13.2. The van der Waals surface area contributed by atoms with Crippen LogP contribution in [0.4, 0.5) is 0 Å². The molecule has 3 rings (SSSR count). The van der Waals surface area contributed by atoms with E-state index < -0.39 is 5.91 Å². The van der Waals surface area contributed by atoms with Gasteiger partial charge in [0.15, 0.2) is 0 Å². The van der Waals surface area contributed by atoms with Gasteiger partial charge in [0.2, 0.25) is 5.91 Å². The maximum absolute atomic E-state index is 11.2. The Labute approximate surface area is 123 Å². The summed E-state index contributed by atoms with van der Waals surface area (Å²) < 4.78 is 0. The van der Waals surface area contributed by atoms with E-state index in [-0.39, 0.29) is 6.04 Å². The minimum atomic E-state index is -0.404. The first kappa shape index (κ1) is 13.6. The van der Waals surface area contributed by atoms with Gasteiger partial charge in [-0.2, -0.15) is 0 Å². The second-order valence-corrected chi connectivity index (χ2v) is 5.42. The van der Waals surface area contributed by atoms with Crippen LogP contribution >= 0.6 is 0 Å². The van der Waals surface area contributed by atoms with Crippen molar-refractivity contribution in [2.45, 2.75) is 25.4 Å². The number of carbonyl (C=O) groups is 1. The number of rotatable bonds is 4. The number of hydrogen-bond donors (Lipinski definition) is 3. The smallest absolute Gasteiger partial charge is 0.248 e. The minimum Gasteiger partial charge on any atom is -0.508 e. The fourth-order valence-electron chi connectivity index (χ4n) is 2.89. The van der Waals surface area contributed by atoms with E-state index in [1.165, 1.54) is 11.1 Å². The molecule has 0 fully saturated rings. The van der Waals surface area contributed by atoms with Gasteiger partial charge in [-0.25, -0.2) is 0 Å². The van der Waals surface area contributed by atoms with Gasteiger partial charge in [0.05, 0.1) is 0 Å². The van der Waals surface area contributed by atoms with Crippen molar-refractivity contribution in [1.29, 1.82) is 0 Å². The number of aromatic hydroxyl groups is 1. The average Bonchev–Trinajstić information content (AvgIpc) is 2.87. The molecule has 1 atom stereocenters. The topological polar surface area (TPSA) is 75.4 Å². The summed E-state index contributed by atoms with van der Waals surface area (Å²) in [5.74, 6) is -0.0814. The van der Waals surface area contributed by atoms with E-state index in [1.807, 2.05) is 30.3 Å². The Kier molecular flexibility index (Phi) is 3.62. The van der Waals surface area contributed by atoms with Crippen molar-refractivity contribution in [3.8, 4) is 5.75 Å². The highest BCUT2D eigenvalue weighted by Crippen LogP contribution is 2.33. The number of amides is 1. The van der Waals surface area contributed by atoms with Crippen LogP contribution in [0.2, 0.25) is 0 Å². The minimum absolute atomic E-state index is 0.290. The SMILES string of the molecule is NC(=O)c1cccc(CNC2CCc3cc(O)ccc32)c1. The van der Waals surface area contributed by atoms with Gasteiger partial charge in [0.25, 0.3) is 0 Å². The third-order valence-corrected chi connectivity index (χ3v) is 3.97. The molecule has 0 saturated heterocycles. The van der Waals surface area contributed by atoms with Crippen LogP contribution in [0.3, 0.4) is 0 Å². The van der Waals surface area contributed by atoms with Crippen LogP contribution in [0.1, 0.15) is 39.5 Å². The van der Waals surface area contributed by atoms with E-state index in [2.05, 4.69) is 5.32 Å². The van der Waals surface area contributed by atoms with E-state index in [9.17, 15) is 9.90 Å². The molecule has 0 spiro atoms. The summed E-state index contributed by atoms with van der Waals surface area (Å²) in [6.45, 7) is 0.687. The zero-order valence-electron chi connectivity index (χ0n) is 11.7. The van der Waals surface area contributed by atoms with E-state index in [0.29, 0.717) is 17.9 Å². The Balaban J connectivity index is 1.70. The van der Waals surface area contributed by atoms with E-state index in [0.717, 1.165) is 18.4 Å². The summed E-state index contributed by atoms with van der Waals surface area (Å²) >= 11 is 0. The molecule has 1 aliphatic rings. The van der Waals surface area contributed by atoms with Gasteiger partial charge >= 0.3 is 0 Å². The molecule has 0 saturated carbocycles. The maximum atomic E-state index is 11.2. The summed E-state index contributed by atoms with van der Waals surface area (Å²) in [5.41, 5.74) is 9.32. The molecule has 1 amide bonds. The van der Waals surface area contributed by atoms with Crippen molar-refractivity contribution in [2.75, 3.05) is 0 Å². The molecule has 0 aliphatic heterocycles. The number of phenolic OH excluding ortho intramolecular Hbond substituents is 1. The van der Waals surface area contributed by atoms with Crippen LogP contribution in [0, 0.1) is 0 Å². The molecule has 0 bridgehead atoms. The van der Waals surface area contributed by atoms with Crippen molar-refractivity contribution >= 4 is 5.91 Å². The second-order valence-electron chi connectivity index (χ2n) is 5.42. The molecule has 1 unspecified atom stereocenters. The van der Waals surface area contributed by atoms with Crippen LogP contribution in [0.15, 0.2) is 42.5 Å². The number of aryl methyl sites for hydroxylation is 1. The normalized spacial score (nSPS) is 16.7. The van der Waals surface area contributed by atoms with E-state index >= 15 is 0 Å². The molecule has 0 heterocycles. The third-order valence-electron chi connectivity index (χ3n) is 3.97. The molecular formula is C17H18N2O2. The first-order chi connectivity index (χ1) is 10.1. The van der Waals surface area contributed by atoms with Crippen molar-refractivity contribution < 1.29 is 9.90 Å². The molecule has 2 aromatic rings. The Hall–Kier alpha value is -2.33. The summed E-state index contributed by atoms with van der Waals surface area (Å²) in [7, 11) is 0. The highest BCUT2D eigenvalue weighted by Gasteiger charge is 2.22. The molecule has 4 nitrogen and oxygen atoms in total. The summed E-state index contributed by atoms with van der Waals surface area (Å²) in [4.78, 5) is 11.2. The molecule has 0 aromatic heterocycles. The first-order valence-electron chi connectivity index (χ1n) is 7.07. The van der Waals surface area contributed by atoms with Crippen molar-refractivity contribution in [3.63, 3.8) is 0 Å². The molecule has 0 radical (unpaired) electrons. The van der Waals surface area contributed by atoms with Crippen LogP contribution < -0.4 is 11.1 Å². The fourth-order valence-corrected chi connectivity index (χ4v) is 2.89. The number of fused-ring (bicyclic) bond motifs is 1. The molecule has 4 heteroatoms. The van der Waals surface area contributed by atoms with Gasteiger partial charge in [0, 0.05) is 18.2 Å². The number of primary amides is 1. The predicted octanol–water partition coefficient (Wildman–Crippen LogP) is 2.27.